The van der Waals surface area contributed by atoms with Crippen LogP contribution in [0.4, 0.5) is 0 Å². The number of amides is 1. The van der Waals surface area contributed by atoms with E-state index in [1.807, 2.05) is 18.2 Å². The molecule has 114 valence electrons. The smallest absolute Gasteiger partial charge is 0.311 e. The van der Waals surface area contributed by atoms with E-state index in [1.165, 1.54) is 17.1 Å². The molecule has 1 unspecified atom stereocenters. The molecule has 1 saturated heterocycles. The van der Waals surface area contributed by atoms with Crippen LogP contribution < -0.4 is 0 Å². The first-order valence-corrected chi connectivity index (χ1v) is 7.04. The molecule has 3 rings (SSSR count). The first kappa shape index (κ1) is 14.3. The Kier molecular flexibility index (Phi) is 3.44. The van der Waals surface area contributed by atoms with Gasteiger partial charge in [-0.25, -0.2) is 4.98 Å². The van der Waals surface area contributed by atoms with Crippen molar-refractivity contribution < 1.29 is 19.1 Å². The summed E-state index contributed by atoms with van der Waals surface area (Å²) in [6, 6.07) is 7.35. The van der Waals surface area contributed by atoms with Crippen LogP contribution in [0.3, 0.4) is 0 Å². The Morgan fingerprint density at radius 2 is 2.18 bits per heavy atom. The molecular weight excluding hydrogens is 284 g/mol. The lowest BCUT2D eigenvalue weighted by Crippen LogP contribution is -2.34. The number of oxazole rings is 1. The van der Waals surface area contributed by atoms with E-state index in [0.29, 0.717) is 24.4 Å². The van der Waals surface area contributed by atoms with Gasteiger partial charge in [0, 0.05) is 25.2 Å². The topological polar surface area (TPSA) is 83.6 Å². The van der Waals surface area contributed by atoms with Crippen molar-refractivity contribution in [2.45, 2.75) is 13.3 Å². The van der Waals surface area contributed by atoms with Crippen LogP contribution in [-0.2, 0) is 9.59 Å². The summed E-state index contributed by atoms with van der Waals surface area (Å²) in [5, 5.41) is 9.18. The zero-order chi connectivity index (χ0) is 15.7. The lowest BCUT2D eigenvalue weighted by molar-refractivity contribution is -0.147. The molecule has 2 heterocycles. The molecule has 0 aliphatic carbocycles. The third-order valence-corrected chi connectivity index (χ3v) is 3.98. The molecule has 1 aliphatic rings. The average Bonchev–Trinajstić information content (AvgIpc) is 3.09. The minimum absolute atomic E-state index is 0.221. The number of carbonyl (C=O) groups excluding carboxylic acids is 1. The molecule has 1 amide bonds. The molecule has 1 N–H and O–H groups in total. The Labute approximate surface area is 127 Å². The number of likely N-dealkylation sites (tertiary alicyclic amines) is 1. The van der Waals surface area contributed by atoms with Crippen molar-refractivity contribution in [2.75, 3.05) is 13.1 Å². The lowest BCUT2D eigenvalue weighted by atomic mass is 9.90. The maximum absolute atomic E-state index is 12.1. The van der Waals surface area contributed by atoms with Crippen molar-refractivity contribution in [2.24, 2.45) is 5.41 Å². The van der Waals surface area contributed by atoms with Gasteiger partial charge in [0.15, 0.2) is 5.58 Å². The molecule has 0 spiro atoms. The third-order valence-electron chi connectivity index (χ3n) is 3.98. The van der Waals surface area contributed by atoms with Gasteiger partial charge in [0.2, 0.25) is 11.8 Å². The van der Waals surface area contributed by atoms with Crippen LogP contribution >= 0.6 is 0 Å². The summed E-state index contributed by atoms with van der Waals surface area (Å²) in [6.07, 6.45) is 3.35. The number of aliphatic carboxylic acids is 1. The highest BCUT2D eigenvalue weighted by Gasteiger charge is 2.41. The number of hydrogen-bond acceptors (Lipinski definition) is 4. The number of fused-ring (bicyclic) bond motifs is 1. The fourth-order valence-electron chi connectivity index (χ4n) is 2.53. The highest BCUT2D eigenvalue weighted by atomic mass is 16.4. The van der Waals surface area contributed by atoms with Crippen LogP contribution in [0.1, 0.15) is 19.2 Å². The fourth-order valence-corrected chi connectivity index (χ4v) is 2.53. The predicted molar refractivity (Wildman–Crippen MR) is 80.0 cm³/mol. The van der Waals surface area contributed by atoms with Crippen molar-refractivity contribution in [1.29, 1.82) is 0 Å². The van der Waals surface area contributed by atoms with Gasteiger partial charge in [-0.3, -0.25) is 9.59 Å². The average molecular weight is 300 g/mol. The summed E-state index contributed by atoms with van der Waals surface area (Å²) >= 11 is 0. The van der Waals surface area contributed by atoms with Crippen LogP contribution in [0.15, 0.2) is 34.8 Å². The summed E-state index contributed by atoms with van der Waals surface area (Å²) < 4.78 is 5.50. The Morgan fingerprint density at radius 1 is 1.41 bits per heavy atom. The van der Waals surface area contributed by atoms with Crippen LogP contribution in [0.2, 0.25) is 0 Å². The number of carboxylic acids is 1. The molecule has 1 aromatic heterocycles. The monoisotopic (exact) mass is 300 g/mol. The maximum atomic E-state index is 12.1. The van der Waals surface area contributed by atoms with E-state index in [0.717, 1.165) is 5.52 Å². The minimum Gasteiger partial charge on any atom is -0.481 e. The second kappa shape index (κ2) is 5.29. The van der Waals surface area contributed by atoms with E-state index in [4.69, 9.17) is 4.42 Å². The number of para-hydroxylation sites is 2. The summed E-state index contributed by atoms with van der Waals surface area (Å²) in [5.41, 5.74) is 0.532. The van der Waals surface area contributed by atoms with E-state index in [1.54, 1.807) is 13.0 Å². The Hall–Kier alpha value is -2.63. The molecule has 1 atom stereocenters. The molecule has 22 heavy (non-hydrogen) atoms. The van der Waals surface area contributed by atoms with Gasteiger partial charge in [0.25, 0.3) is 0 Å². The van der Waals surface area contributed by atoms with Crippen molar-refractivity contribution in [3.05, 3.63) is 36.2 Å². The van der Waals surface area contributed by atoms with Crippen LogP contribution in [0.5, 0.6) is 0 Å². The van der Waals surface area contributed by atoms with Crippen LogP contribution in [0, 0.1) is 5.41 Å². The molecule has 1 aromatic carbocycles. The Bertz CT molecular complexity index is 731. The molecule has 0 bridgehead atoms. The van der Waals surface area contributed by atoms with Crippen molar-refractivity contribution in [3.8, 4) is 0 Å². The molecular formula is C16H16N2O4. The van der Waals surface area contributed by atoms with Gasteiger partial charge in [-0.1, -0.05) is 12.1 Å². The van der Waals surface area contributed by atoms with E-state index in [2.05, 4.69) is 4.98 Å². The Balaban J connectivity index is 1.70. The van der Waals surface area contributed by atoms with Crippen molar-refractivity contribution >= 4 is 29.1 Å². The fraction of sp³-hybridized carbons (Fsp3) is 0.312. The third kappa shape index (κ3) is 2.59. The number of nitrogens with zero attached hydrogens (tertiary/aromatic N) is 2. The SMILES string of the molecule is CC1(C(=O)O)CCN(C(=O)/C=C/c2nc3ccccc3o2)C1. The van der Waals surface area contributed by atoms with E-state index < -0.39 is 11.4 Å². The molecule has 1 aliphatic heterocycles. The normalized spacial score (nSPS) is 21.8. The number of aromatic nitrogens is 1. The number of carboxylic acid groups (broad SMARTS) is 1. The quantitative estimate of drug-likeness (QED) is 0.878. The van der Waals surface area contributed by atoms with Crippen molar-refractivity contribution in [3.63, 3.8) is 0 Å². The number of hydrogen-bond donors (Lipinski definition) is 1. The summed E-state index contributed by atoms with van der Waals surface area (Å²) in [5.74, 6) is -0.743. The summed E-state index contributed by atoms with van der Waals surface area (Å²) in [7, 11) is 0. The molecule has 1 fully saturated rings. The zero-order valence-corrected chi connectivity index (χ0v) is 12.2. The number of benzene rings is 1. The number of rotatable bonds is 3. The highest BCUT2D eigenvalue weighted by Crippen LogP contribution is 2.30. The van der Waals surface area contributed by atoms with Gasteiger partial charge in [-0.05, 0) is 25.5 Å². The van der Waals surface area contributed by atoms with Crippen molar-refractivity contribution in [1.82, 2.24) is 9.88 Å². The predicted octanol–water partition coefficient (Wildman–Crippen LogP) is 2.16. The molecule has 0 radical (unpaired) electrons. The molecule has 6 heteroatoms. The molecule has 6 nitrogen and oxygen atoms in total. The van der Waals surface area contributed by atoms with Gasteiger partial charge in [0.1, 0.15) is 5.52 Å². The summed E-state index contributed by atoms with van der Waals surface area (Å²) in [4.78, 5) is 29.1. The van der Waals surface area contributed by atoms with Gasteiger partial charge in [-0.15, -0.1) is 0 Å². The van der Waals surface area contributed by atoms with Gasteiger partial charge >= 0.3 is 5.97 Å². The standard InChI is InChI=1S/C16H16N2O4/c1-16(15(20)21)8-9-18(10-16)14(19)7-6-13-17-11-4-2-3-5-12(11)22-13/h2-7H,8-10H2,1H3,(H,20,21)/b7-6+. The van der Waals surface area contributed by atoms with Crippen LogP contribution in [-0.4, -0.2) is 40.0 Å². The second-order valence-electron chi connectivity index (χ2n) is 5.73. The number of carbonyl (C=O) groups is 2. The summed E-state index contributed by atoms with van der Waals surface area (Å²) in [6.45, 7) is 2.33. The first-order valence-electron chi connectivity index (χ1n) is 7.04. The lowest BCUT2D eigenvalue weighted by Gasteiger charge is -2.18. The molecule has 0 saturated carbocycles. The van der Waals surface area contributed by atoms with E-state index in [9.17, 15) is 14.7 Å². The molecule has 2 aromatic rings. The van der Waals surface area contributed by atoms with Gasteiger partial charge in [-0.2, -0.15) is 0 Å². The Morgan fingerprint density at radius 3 is 2.86 bits per heavy atom. The highest BCUT2D eigenvalue weighted by molar-refractivity contribution is 5.92. The zero-order valence-electron chi connectivity index (χ0n) is 12.2. The first-order chi connectivity index (χ1) is 10.5. The van der Waals surface area contributed by atoms with Gasteiger partial charge < -0.3 is 14.4 Å². The van der Waals surface area contributed by atoms with E-state index >= 15 is 0 Å². The van der Waals surface area contributed by atoms with E-state index in [-0.39, 0.29) is 12.5 Å². The van der Waals surface area contributed by atoms with Gasteiger partial charge in [0.05, 0.1) is 5.41 Å². The second-order valence-corrected chi connectivity index (χ2v) is 5.73. The maximum Gasteiger partial charge on any atom is 0.311 e. The largest absolute Gasteiger partial charge is 0.481 e. The van der Waals surface area contributed by atoms with Crippen LogP contribution in [0.25, 0.3) is 17.2 Å². The minimum atomic E-state index is -0.870.